The van der Waals surface area contributed by atoms with E-state index in [1.807, 2.05) is 30.3 Å². The number of rotatable bonds is 6. The summed E-state index contributed by atoms with van der Waals surface area (Å²) in [6.07, 6.45) is 7.40. The molecule has 2 heterocycles. The summed E-state index contributed by atoms with van der Waals surface area (Å²) in [5, 5.41) is 0. The van der Waals surface area contributed by atoms with E-state index in [1.165, 1.54) is 18.1 Å². The quantitative estimate of drug-likeness (QED) is 0.295. The van der Waals surface area contributed by atoms with Gasteiger partial charge >= 0.3 is 5.97 Å². The number of hydrogen-bond acceptors (Lipinski definition) is 5. The molecule has 39 heavy (non-hydrogen) atoms. The van der Waals surface area contributed by atoms with E-state index in [0.29, 0.717) is 30.2 Å². The van der Waals surface area contributed by atoms with E-state index in [4.69, 9.17) is 9.47 Å². The van der Waals surface area contributed by atoms with Gasteiger partial charge in [-0.3, -0.25) is 9.59 Å². The first-order valence-corrected chi connectivity index (χ1v) is 14.5. The molecular formula is C33H40N2O4. The van der Waals surface area contributed by atoms with Crippen molar-refractivity contribution in [1.29, 1.82) is 0 Å². The second-order valence-electron chi connectivity index (χ2n) is 12.5. The highest BCUT2D eigenvalue weighted by Gasteiger charge is 2.66. The molecule has 2 bridgehead atoms. The fourth-order valence-corrected chi connectivity index (χ4v) is 8.10. The molecule has 2 aliphatic carbocycles. The van der Waals surface area contributed by atoms with E-state index >= 15 is 0 Å². The Balaban J connectivity index is 1.40. The summed E-state index contributed by atoms with van der Waals surface area (Å²) >= 11 is 0. The van der Waals surface area contributed by atoms with Crippen LogP contribution in [0.2, 0.25) is 0 Å². The van der Waals surface area contributed by atoms with Crippen molar-refractivity contribution in [2.24, 2.45) is 11.8 Å². The standard InChI is InChI=1S/C33H40N2O4/c1-20(2)19-35(30(37)14-9-23-8-6-7-21(3)17-23)26-11-10-25-27-18-24-28(38-22(4)36)12-13-29-31(24)33(25,32(26)39-29)15-16-34(27)5/h6-9,12-14,17,20,25-27,32H,10-11,15-16,18-19H2,1-5H3/t25-,26-,27+,32-,33-/m0/s1. The normalized spacial score (nSPS) is 28.8. The Labute approximate surface area is 232 Å². The number of likely N-dealkylation sites (tertiary alicyclic amines) is 1. The molecule has 1 saturated carbocycles. The van der Waals surface area contributed by atoms with Gasteiger partial charge in [-0.1, -0.05) is 43.7 Å². The van der Waals surface area contributed by atoms with Crippen molar-refractivity contribution in [3.05, 3.63) is 64.7 Å². The molecule has 0 radical (unpaired) electrons. The number of nitrogens with zero attached hydrogens (tertiary/aromatic N) is 2. The van der Waals surface area contributed by atoms with Crippen LogP contribution in [0.15, 0.2) is 42.5 Å². The summed E-state index contributed by atoms with van der Waals surface area (Å²) in [6, 6.07) is 12.5. The summed E-state index contributed by atoms with van der Waals surface area (Å²) in [4.78, 5) is 30.4. The number of carbonyl (C=O) groups excluding carboxylic acids is 2. The van der Waals surface area contributed by atoms with Gasteiger partial charge in [-0.25, -0.2) is 0 Å². The van der Waals surface area contributed by atoms with E-state index in [9.17, 15) is 9.59 Å². The van der Waals surface area contributed by atoms with Gasteiger partial charge in [-0.15, -0.1) is 0 Å². The number of likely N-dealkylation sites (N-methyl/N-ethyl adjacent to an activating group) is 1. The second-order valence-corrected chi connectivity index (χ2v) is 12.5. The van der Waals surface area contributed by atoms with Crippen molar-refractivity contribution in [2.45, 2.75) is 77.0 Å². The fraction of sp³-hybridized carbons (Fsp3) is 0.515. The first-order chi connectivity index (χ1) is 18.7. The number of hydrogen-bond donors (Lipinski definition) is 0. The second kappa shape index (κ2) is 9.81. The Morgan fingerprint density at radius 1 is 1.23 bits per heavy atom. The van der Waals surface area contributed by atoms with Gasteiger partial charge in [0.05, 0.1) is 6.04 Å². The predicted octanol–water partition coefficient (Wildman–Crippen LogP) is 5.16. The van der Waals surface area contributed by atoms with Crippen molar-refractivity contribution in [3.8, 4) is 11.5 Å². The summed E-state index contributed by atoms with van der Waals surface area (Å²) in [7, 11) is 2.22. The Bertz CT molecular complexity index is 1330. The van der Waals surface area contributed by atoms with Gasteiger partial charge in [0, 0.05) is 42.1 Å². The smallest absolute Gasteiger partial charge is 0.308 e. The third-order valence-corrected chi connectivity index (χ3v) is 9.52. The van der Waals surface area contributed by atoms with Gasteiger partial charge in [0.2, 0.25) is 5.91 Å². The molecule has 2 aromatic rings. The van der Waals surface area contributed by atoms with E-state index in [1.54, 1.807) is 6.08 Å². The van der Waals surface area contributed by atoms with Crippen LogP contribution in [-0.2, 0) is 21.4 Å². The molecule has 0 unspecified atom stereocenters. The minimum absolute atomic E-state index is 0.0158. The number of amides is 1. The molecule has 4 aliphatic rings. The maximum absolute atomic E-state index is 13.9. The topological polar surface area (TPSA) is 59.1 Å². The summed E-state index contributed by atoms with van der Waals surface area (Å²) in [5.74, 6) is 2.13. The van der Waals surface area contributed by atoms with Crippen LogP contribution in [0.1, 0.15) is 62.3 Å². The molecule has 0 aromatic heterocycles. The lowest BCUT2D eigenvalue weighted by Crippen LogP contribution is -2.68. The van der Waals surface area contributed by atoms with Gasteiger partial charge in [0.25, 0.3) is 0 Å². The monoisotopic (exact) mass is 528 g/mol. The minimum atomic E-state index is -0.296. The SMILES string of the molecule is CC(=O)Oc1ccc2c3c1C[C@@H]1[C@@H]4CC[C@H](N(CC(C)C)C(=O)C=Cc5cccc(C)c5)[C@H](O2)[C@]34CCN1C. The number of benzene rings is 2. The first-order valence-electron chi connectivity index (χ1n) is 14.5. The van der Waals surface area contributed by atoms with E-state index < -0.39 is 0 Å². The van der Waals surface area contributed by atoms with Crippen molar-refractivity contribution >= 4 is 18.0 Å². The third-order valence-electron chi connectivity index (χ3n) is 9.52. The summed E-state index contributed by atoms with van der Waals surface area (Å²) < 4.78 is 12.6. The van der Waals surface area contributed by atoms with Crippen LogP contribution in [-0.4, -0.2) is 60.0 Å². The number of piperidine rings is 1. The highest BCUT2D eigenvalue weighted by molar-refractivity contribution is 5.92. The molecular weight excluding hydrogens is 488 g/mol. The van der Waals surface area contributed by atoms with Crippen LogP contribution in [0, 0.1) is 18.8 Å². The Morgan fingerprint density at radius 3 is 2.79 bits per heavy atom. The molecule has 1 amide bonds. The maximum atomic E-state index is 13.9. The van der Waals surface area contributed by atoms with Gasteiger partial charge in [0.15, 0.2) is 0 Å². The average Bonchev–Trinajstić information content (AvgIpc) is 3.22. The van der Waals surface area contributed by atoms with E-state index in [2.05, 4.69) is 49.8 Å². The van der Waals surface area contributed by atoms with Gasteiger partial charge < -0.3 is 19.3 Å². The van der Waals surface area contributed by atoms with Crippen LogP contribution in [0.5, 0.6) is 11.5 Å². The predicted molar refractivity (Wildman–Crippen MR) is 152 cm³/mol. The molecule has 206 valence electrons. The molecule has 2 aromatic carbocycles. The van der Waals surface area contributed by atoms with Crippen LogP contribution in [0.25, 0.3) is 6.08 Å². The van der Waals surface area contributed by atoms with Gasteiger partial charge in [-0.2, -0.15) is 0 Å². The fourth-order valence-electron chi connectivity index (χ4n) is 8.10. The molecule has 1 saturated heterocycles. The van der Waals surface area contributed by atoms with Crippen molar-refractivity contribution in [1.82, 2.24) is 9.80 Å². The van der Waals surface area contributed by atoms with Crippen LogP contribution >= 0.6 is 0 Å². The van der Waals surface area contributed by atoms with E-state index in [-0.39, 0.29) is 29.4 Å². The number of esters is 1. The molecule has 6 heteroatoms. The molecule has 2 fully saturated rings. The molecule has 2 aliphatic heterocycles. The molecule has 1 spiro atoms. The zero-order chi connectivity index (χ0) is 27.5. The highest BCUT2D eigenvalue weighted by Crippen LogP contribution is 2.63. The third kappa shape index (κ3) is 4.28. The Morgan fingerprint density at radius 2 is 2.05 bits per heavy atom. The zero-order valence-electron chi connectivity index (χ0n) is 23.8. The largest absolute Gasteiger partial charge is 0.487 e. The number of carbonyl (C=O) groups is 2. The Kier molecular flexibility index (Phi) is 6.57. The molecule has 6 nitrogen and oxygen atoms in total. The molecule has 5 atom stereocenters. The lowest BCUT2D eigenvalue weighted by Gasteiger charge is -2.60. The van der Waals surface area contributed by atoms with Crippen molar-refractivity contribution < 1.29 is 19.1 Å². The maximum Gasteiger partial charge on any atom is 0.308 e. The number of aryl methyl sites for hydroxylation is 1. The Hall–Kier alpha value is -3.12. The van der Waals surface area contributed by atoms with Crippen molar-refractivity contribution in [2.75, 3.05) is 20.1 Å². The molecule has 0 N–H and O–H groups in total. The summed E-state index contributed by atoms with van der Waals surface area (Å²) in [6.45, 7) is 9.57. The summed E-state index contributed by atoms with van der Waals surface area (Å²) in [5.41, 5.74) is 4.41. The van der Waals surface area contributed by atoms with Gasteiger partial charge in [-0.05, 0) is 81.8 Å². The van der Waals surface area contributed by atoms with E-state index in [0.717, 1.165) is 49.1 Å². The van der Waals surface area contributed by atoms with Crippen molar-refractivity contribution in [3.63, 3.8) is 0 Å². The first kappa shape index (κ1) is 26.1. The van der Waals surface area contributed by atoms with Gasteiger partial charge in [0.1, 0.15) is 17.6 Å². The minimum Gasteiger partial charge on any atom is -0.487 e. The van der Waals surface area contributed by atoms with Crippen LogP contribution in [0.3, 0.4) is 0 Å². The average molecular weight is 529 g/mol. The highest BCUT2D eigenvalue weighted by atomic mass is 16.5. The lowest BCUT2D eigenvalue weighted by atomic mass is 9.51. The zero-order valence-corrected chi connectivity index (χ0v) is 23.8. The van der Waals surface area contributed by atoms with Crippen LogP contribution in [0.4, 0.5) is 0 Å². The lowest BCUT2D eigenvalue weighted by molar-refractivity contribution is -0.138. The molecule has 6 rings (SSSR count). The van der Waals surface area contributed by atoms with Crippen LogP contribution < -0.4 is 9.47 Å². The number of ether oxygens (including phenoxy) is 2.